The molecule has 22 heavy (non-hydrogen) atoms. The summed E-state index contributed by atoms with van der Waals surface area (Å²) in [5, 5.41) is 0. The summed E-state index contributed by atoms with van der Waals surface area (Å²) >= 11 is 7.36. The Kier molecular flexibility index (Phi) is 4.18. The molecule has 4 nitrogen and oxygen atoms in total. The molecule has 0 spiro atoms. The minimum Gasteiger partial charge on any atom is -0.439 e. The number of thiophene rings is 1. The molecule has 2 aromatic heterocycles. The fraction of sp³-hybridized carbons (Fsp3) is 0.250. The van der Waals surface area contributed by atoms with Crippen LogP contribution in [0.2, 0.25) is 4.34 Å². The second kappa shape index (κ2) is 6.10. The number of hydrogen-bond acceptors (Lipinski definition) is 4. The zero-order chi connectivity index (χ0) is 15.7. The molecule has 0 N–H and O–H groups in total. The number of fused-ring (bicyclic) bond motifs is 1. The average Bonchev–Trinajstić information content (AvgIpc) is 3.11. The summed E-state index contributed by atoms with van der Waals surface area (Å²) in [5.74, 6) is 0.320. The van der Waals surface area contributed by atoms with Gasteiger partial charge in [0.15, 0.2) is 5.58 Å². The Morgan fingerprint density at radius 1 is 1.36 bits per heavy atom. The number of carbonyl (C=O) groups excluding carboxylic acids is 1. The van der Waals surface area contributed by atoms with E-state index in [0.717, 1.165) is 16.0 Å². The van der Waals surface area contributed by atoms with Crippen molar-refractivity contribution in [2.75, 3.05) is 7.05 Å². The first kappa shape index (κ1) is 15.1. The second-order valence-electron chi connectivity index (χ2n) is 5.13. The standard InChI is InChI=1S/C16H15ClN2O2S/c1-10(13-7-8-14(17)22-13)16(20)19(2)9-15-18-11-5-3-4-6-12(11)21-15/h3-8,10H,9H2,1-2H3/t10-/m1/s1. The Balaban J connectivity index is 1.73. The third-order valence-electron chi connectivity index (χ3n) is 3.48. The van der Waals surface area contributed by atoms with E-state index in [-0.39, 0.29) is 11.8 Å². The minimum absolute atomic E-state index is 0.0146. The number of benzene rings is 1. The van der Waals surface area contributed by atoms with Crippen molar-refractivity contribution in [3.8, 4) is 0 Å². The summed E-state index contributed by atoms with van der Waals surface area (Å²) < 4.78 is 6.35. The Hall–Kier alpha value is -1.85. The smallest absolute Gasteiger partial charge is 0.230 e. The molecule has 0 fully saturated rings. The summed E-state index contributed by atoms with van der Waals surface area (Å²) in [7, 11) is 1.75. The van der Waals surface area contributed by atoms with Gasteiger partial charge >= 0.3 is 0 Å². The first-order valence-corrected chi connectivity index (χ1v) is 8.08. The van der Waals surface area contributed by atoms with Gasteiger partial charge in [0.25, 0.3) is 0 Å². The lowest BCUT2D eigenvalue weighted by Crippen LogP contribution is -2.30. The van der Waals surface area contributed by atoms with E-state index in [2.05, 4.69) is 4.98 Å². The normalized spacial score (nSPS) is 12.5. The van der Waals surface area contributed by atoms with E-state index < -0.39 is 0 Å². The molecule has 0 aliphatic heterocycles. The average molecular weight is 335 g/mol. The van der Waals surface area contributed by atoms with Crippen molar-refractivity contribution in [1.29, 1.82) is 0 Å². The predicted octanol–water partition coefficient (Wildman–Crippen LogP) is 4.30. The molecule has 0 aliphatic carbocycles. The van der Waals surface area contributed by atoms with Gasteiger partial charge in [0, 0.05) is 11.9 Å². The van der Waals surface area contributed by atoms with Crippen LogP contribution in [0.5, 0.6) is 0 Å². The van der Waals surface area contributed by atoms with E-state index in [1.807, 2.05) is 43.3 Å². The highest BCUT2D eigenvalue weighted by molar-refractivity contribution is 7.16. The van der Waals surface area contributed by atoms with Crippen molar-refractivity contribution in [3.63, 3.8) is 0 Å². The van der Waals surface area contributed by atoms with Gasteiger partial charge in [-0.15, -0.1) is 11.3 Å². The van der Waals surface area contributed by atoms with Crippen LogP contribution in [-0.2, 0) is 11.3 Å². The maximum atomic E-state index is 12.5. The van der Waals surface area contributed by atoms with Crippen LogP contribution >= 0.6 is 22.9 Å². The van der Waals surface area contributed by atoms with Gasteiger partial charge in [0.05, 0.1) is 16.8 Å². The quantitative estimate of drug-likeness (QED) is 0.714. The van der Waals surface area contributed by atoms with Crippen LogP contribution in [0.1, 0.15) is 23.6 Å². The van der Waals surface area contributed by atoms with Crippen LogP contribution in [0, 0.1) is 0 Å². The summed E-state index contributed by atoms with van der Waals surface area (Å²) in [4.78, 5) is 19.5. The molecule has 2 heterocycles. The number of aromatic nitrogens is 1. The minimum atomic E-state index is -0.230. The molecule has 0 bridgehead atoms. The number of halogens is 1. The van der Waals surface area contributed by atoms with Gasteiger partial charge in [-0.2, -0.15) is 0 Å². The summed E-state index contributed by atoms with van der Waals surface area (Å²) in [5.41, 5.74) is 1.54. The topological polar surface area (TPSA) is 46.3 Å². The van der Waals surface area contributed by atoms with Crippen molar-refractivity contribution in [1.82, 2.24) is 9.88 Å². The summed E-state index contributed by atoms with van der Waals surface area (Å²) in [6.45, 7) is 2.23. The highest BCUT2D eigenvalue weighted by Gasteiger charge is 2.22. The number of para-hydroxylation sites is 2. The van der Waals surface area contributed by atoms with E-state index in [1.54, 1.807) is 11.9 Å². The van der Waals surface area contributed by atoms with Crippen LogP contribution in [0.25, 0.3) is 11.1 Å². The SMILES string of the molecule is C[C@@H](C(=O)N(C)Cc1nc2ccccc2o1)c1ccc(Cl)s1. The molecule has 3 rings (SSSR count). The van der Waals surface area contributed by atoms with Crippen molar-refractivity contribution < 1.29 is 9.21 Å². The van der Waals surface area contributed by atoms with Gasteiger partial charge in [-0.3, -0.25) is 4.79 Å². The van der Waals surface area contributed by atoms with Crippen molar-refractivity contribution >= 4 is 39.9 Å². The molecule has 0 saturated heterocycles. The fourth-order valence-electron chi connectivity index (χ4n) is 2.28. The third-order valence-corrected chi connectivity index (χ3v) is 4.89. The second-order valence-corrected chi connectivity index (χ2v) is 6.88. The van der Waals surface area contributed by atoms with Crippen LogP contribution in [-0.4, -0.2) is 22.8 Å². The first-order chi connectivity index (χ1) is 10.5. The van der Waals surface area contributed by atoms with E-state index >= 15 is 0 Å². The molecule has 0 radical (unpaired) electrons. The molecule has 6 heteroatoms. The third kappa shape index (κ3) is 3.00. The molecule has 1 aromatic carbocycles. The molecule has 114 valence electrons. The Morgan fingerprint density at radius 2 is 2.14 bits per heavy atom. The zero-order valence-corrected chi connectivity index (χ0v) is 13.8. The van der Waals surface area contributed by atoms with Crippen molar-refractivity contribution in [3.05, 3.63) is 51.5 Å². The number of amides is 1. The van der Waals surface area contributed by atoms with Gasteiger partial charge < -0.3 is 9.32 Å². The van der Waals surface area contributed by atoms with Gasteiger partial charge in [-0.25, -0.2) is 4.98 Å². The van der Waals surface area contributed by atoms with Crippen molar-refractivity contribution in [2.45, 2.75) is 19.4 Å². The zero-order valence-electron chi connectivity index (χ0n) is 12.2. The molecular weight excluding hydrogens is 320 g/mol. The summed E-state index contributed by atoms with van der Waals surface area (Å²) in [6.07, 6.45) is 0. The molecule has 3 aromatic rings. The van der Waals surface area contributed by atoms with E-state index in [9.17, 15) is 4.79 Å². The Bertz CT molecular complexity index is 778. The lowest BCUT2D eigenvalue weighted by Gasteiger charge is -2.19. The molecule has 0 aliphatic rings. The van der Waals surface area contributed by atoms with Crippen LogP contribution in [0.3, 0.4) is 0 Å². The van der Waals surface area contributed by atoms with Gasteiger partial charge in [0.1, 0.15) is 5.52 Å². The number of nitrogens with zero attached hydrogens (tertiary/aromatic N) is 2. The molecular formula is C16H15ClN2O2S. The lowest BCUT2D eigenvalue weighted by atomic mass is 10.1. The van der Waals surface area contributed by atoms with Crippen molar-refractivity contribution in [2.24, 2.45) is 0 Å². The number of hydrogen-bond donors (Lipinski definition) is 0. The maximum absolute atomic E-state index is 12.5. The first-order valence-electron chi connectivity index (χ1n) is 6.89. The number of oxazole rings is 1. The Morgan fingerprint density at radius 3 is 2.82 bits per heavy atom. The molecule has 0 saturated carbocycles. The fourth-order valence-corrected chi connectivity index (χ4v) is 3.39. The van der Waals surface area contributed by atoms with E-state index in [4.69, 9.17) is 16.0 Å². The van der Waals surface area contributed by atoms with E-state index in [0.29, 0.717) is 16.8 Å². The van der Waals surface area contributed by atoms with Gasteiger partial charge in [-0.05, 0) is 31.2 Å². The van der Waals surface area contributed by atoms with Gasteiger partial charge in [-0.1, -0.05) is 23.7 Å². The number of likely N-dealkylation sites (N-methyl/N-ethyl adjacent to an activating group) is 1. The van der Waals surface area contributed by atoms with Crippen LogP contribution in [0.4, 0.5) is 0 Å². The van der Waals surface area contributed by atoms with Gasteiger partial charge in [0.2, 0.25) is 11.8 Å². The maximum Gasteiger partial charge on any atom is 0.230 e. The number of carbonyl (C=O) groups is 1. The molecule has 1 atom stereocenters. The largest absolute Gasteiger partial charge is 0.439 e. The highest BCUT2D eigenvalue weighted by atomic mass is 35.5. The molecule has 0 unspecified atom stereocenters. The van der Waals surface area contributed by atoms with Crippen LogP contribution < -0.4 is 0 Å². The van der Waals surface area contributed by atoms with E-state index in [1.165, 1.54) is 11.3 Å². The highest BCUT2D eigenvalue weighted by Crippen LogP contribution is 2.29. The lowest BCUT2D eigenvalue weighted by molar-refractivity contribution is -0.131. The van der Waals surface area contributed by atoms with Crippen LogP contribution in [0.15, 0.2) is 40.8 Å². The number of rotatable bonds is 4. The summed E-state index contributed by atoms with van der Waals surface area (Å²) in [6, 6.07) is 11.3. The molecule has 1 amide bonds. The monoisotopic (exact) mass is 334 g/mol. The Labute approximate surface area is 137 Å². The predicted molar refractivity (Wildman–Crippen MR) is 88.2 cm³/mol.